The van der Waals surface area contributed by atoms with E-state index in [4.69, 9.17) is 18.6 Å². The highest BCUT2D eigenvalue weighted by Crippen LogP contribution is 2.39. The zero-order valence-corrected chi connectivity index (χ0v) is 17.2. The minimum Gasteiger partial charge on any atom is -0.530 e. The summed E-state index contributed by atoms with van der Waals surface area (Å²) in [6.07, 6.45) is -7.15. The van der Waals surface area contributed by atoms with Crippen molar-refractivity contribution in [3.63, 3.8) is 0 Å². The van der Waals surface area contributed by atoms with Crippen molar-refractivity contribution in [2.45, 2.75) is 12.3 Å². The number of ether oxygens (including phenoxy) is 3. The number of carboxylic acid groups (broad SMARTS) is 1. The molecule has 1 amide bonds. The average Bonchev–Trinajstić information content (AvgIpc) is 2.80. The van der Waals surface area contributed by atoms with Crippen molar-refractivity contribution in [3.05, 3.63) is 64.0 Å². The van der Waals surface area contributed by atoms with Crippen LogP contribution in [0, 0.1) is 0 Å². The van der Waals surface area contributed by atoms with Gasteiger partial charge in [0.25, 0.3) is 5.76 Å². The summed E-state index contributed by atoms with van der Waals surface area (Å²) in [5, 5.41) is 11.0. The van der Waals surface area contributed by atoms with Crippen molar-refractivity contribution in [2.24, 2.45) is 0 Å². The Hall–Kier alpha value is -3.73. The van der Waals surface area contributed by atoms with Crippen molar-refractivity contribution in [2.75, 3.05) is 26.8 Å². The van der Waals surface area contributed by atoms with E-state index in [0.29, 0.717) is 11.3 Å². The molecular weight excluding hydrogens is 447 g/mol. The molecule has 1 unspecified atom stereocenters. The number of carbonyl (C=O) groups is 1. The van der Waals surface area contributed by atoms with Gasteiger partial charge < -0.3 is 33.4 Å². The number of methoxy groups -OCH3 is 1. The fourth-order valence-corrected chi connectivity index (χ4v) is 3.45. The third-order valence-electron chi connectivity index (χ3n) is 5.11. The van der Waals surface area contributed by atoms with E-state index in [1.54, 1.807) is 0 Å². The smallest absolute Gasteiger partial charge is 0.453 e. The summed E-state index contributed by atoms with van der Waals surface area (Å²) in [5.74, 6) is -2.14. The molecule has 1 saturated heterocycles. The number of rotatable bonds is 4. The van der Waals surface area contributed by atoms with E-state index in [-0.39, 0.29) is 36.4 Å². The van der Waals surface area contributed by atoms with Crippen LogP contribution in [0.2, 0.25) is 0 Å². The second-order valence-corrected chi connectivity index (χ2v) is 7.19. The first-order valence-corrected chi connectivity index (χ1v) is 9.74. The number of hydrogen-bond donors (Lipinski definition) is 0. The van der Waals surface area contributed by atoms with E-state index < -0.39 is 35.3 Å². The lowest BCUT2D eigenvalue weighted by Crippen LogP contribution is -2.48. The Morgan fingerprint density at radius 2 is 1.85 bits per heavy atom. The summed E-state index contributed by atoms with van der Waals surface area (Å²) < 4.78 is 62.1. The quantitative estimate of drug-likeness (QED) is 0.584. The van der Waals surface area contributed by atoms with E-state index in [2.05, 4.69) is 0 Å². The lowest BCUT2D eigenvalue weighted by atomic mass is 10.1. The van der Waals surface area contributed by atoms with Crippen LogP contribution in [0.25, 0.3) is 11.0 Å². The molecule has 2 heterocycles. The van der Waals surface area contributed by atoms with Crippen LogP contribution in [0.15, 0.2) is 51.7 Å². The van der Waals surface area contributed by atoms with Gasteiger partial charge >= 0.3 is 6.18 Å². The highest BCUT2D eigenvalue weighted by molar-refractivity contribution is 5.79. The van der Waals surface area contributed by atoms with E-state index in [0.717, 1.165) is 4.90 Å². The fraction of sp³-hybridized carbons (Fsp3) is 0.273. The van der Waals surface area contributed by atoms with Gasteiger partial charge in [0.1, 0.15) is 29.3 Å². The molecule has 4 rings (SSSR count). The third kappa shape index (κ3) is 4.58. The molecule has 0 spiro atoms. The topological polar surface area (TPSA) is 101 Å². The molecule has 0 radical (unpaired) electrons. The number of benzene rings is 2. The van der Waals surface area contributed by atoms with Crippen molar-refractivity contribution in [1.82, 2.24) is 4.90 Å². The first-order chi connectivity index (χ1) is 15.7. The molecule has 1 fully saturated rings. The first-order valence-electron chi connectivity index (χ1n) is 9.74. The molecule has 33 heavy (non-hydrogen) atoms. The largest absolute Gasteiger partial charge is 0.530 e. The van der Waals surface area contributed by atoms with Crippen LogP contribution >= 0.6 is 0 Å². The summed E-state index contributed by atoms with van der Waals surface area (Å²) in [5.41, 5.74) is -0.985. The highest BCUT2D eigenvalue weighted by atomic mass is 19.4. The number of hydrogen-bond acceptors (Lipinski definition) is 7. The van der Waals surface area contributed by atoms with E-state index in [9.17, 15) is 27.9 Å². The van der Waals surface area contributed by atoms with Crippen LogP contribution in [0.4, 0.5) is 18.0 Å². The predicted molar refractivity (Wildman–Crippen MR) is 106 cm³/mol. The molecule has 11 heteroatoms. The van der Waals surface area contributed by atoms with Gasteiger partial charge in [0.15, 0.2) is 0 Å². The third-order valence-corrected chi connectivity index (χ3v) is 5.11. The van der Waals surface area contributed by atoms with Crippen LogP contribution in [0.5, 0.6) is 17.2 Å². The van der Waals surface area contributed by atoms with Crippen LogP contribution < -0.4 is 20.0 Å². The van der Waals surface area contributed by atoms with Crippen LogP contribution in [-0.4, -0.2) is 37.8 Å². The van der Waals surface area contributed by atoms with Crippen LogP contribution in [0.1, 0.15) is 17.4 Å². The van der Waals surface area contributed by atoms with Gasteiger partial charge in [-0.2, -0.15) is 13.2 Å². The molecule has 1 aliphatic rings. The molecule has 1 atom stereocenters. The number of nitrogens with zero attached hydrogens (tertiary/aromatic N) is 1. The SMILES string of the molecule is COc1ccc(Oc2c(C(F)(F)F)oc3cc(C4CN(C(=O)[O-])CCO4)ccc3c2=O)cc1. The van der Waals surface area contributed by atoms with Gasteiger partial charge in [-0.15, -0.1) is 0 Å². The molecule has 1 aliphatic heterocycles. The number of amides is 1. The molecule has 0 bridgehead atoms. The Kier molecular flexibility index (Phi) is 5.90. The van der Waals surface area contributed by atoms with Crippen molar-refractivity contribution >= 4 is 17.1 Å². The molecule has 0 saturated carbocycles. The molecule has 174 valence electrons. The van der Waals surface area contributed by atoms with E-state index >= 15 is 0 Å². The van der Waals surface area contributed by atoms with Gasteiger partial charge in [0.05, 0.1) is 19.1 Å². The number of morpholine rings is 1. The maximum atomic E-state index is 13.7. The Balaban J connectivity index is 1.76. The van der Waals surface area contributed by atoms with Gasteiger partial charge in [-0.05, 0) is 42.0 Å². The standard InChI is InChI=1S/C22H18F3NO7/c1-30-13-3-5-14(6-4-13)32-19-18(27)15-7-2-12(10-16(15)33-20(19)22(23,24)25)17-11-26(21(28)29)8-9-31-17/h2-7,10,17H,8-9,11H2,1H3,(H,28,29)/p-1. The molecule has 0 N–H and O–H groups in total. The van der Waals surface area contributed by atoms with Crippen LogP contribution in [0.3, 0.4) is 0 Å². The molecular formula is C22H17F3NO7-. The number of carbonyl (C=O) groups excluding carboxylic acids is 1. The fourth-order valence-electron chi connectivity index (χ4n) is 3.45. The first kappa shape index (κ1) is 22.5. The van der Waals surface area contributed by atoms with Crippen molar-refractivity contribution < 1.29 is 41.7 Å². The summed E-state index contributed by atoms with van der Waals surface area (Å²) in [6, 6.07) is 9.64. The molecule has 8 nitrogen and oxygen atoms in total. The molecule has 3 aromatic rings. The summed E-state index contributed by atoms with van der Waals surface area (Å²) in [6.45, 7) is 0.137. The summed E-state index contributed by atoms with van der Waals surface area (Å²) >= 11 is 0. The molecule has 1 aromatic heterocycles. The van der Waals surface area contributed by atoms with Crippen molar-refractivity contribution in [3.8, 4) is 17.2 Å². The second-order valence-electron chi connectivity index (χ2n) is 7.19. The van der Waals surface area contributed by atoms with Gasteiger partial charge in [-0.3, -0.25) is 4.79 Å². The van der Waals surface area contributed by atoms with Crippen LogP contribution in [-0.2, 0) is 10.9 Å². The van der Waals surface area contributed by atoms with E-state index in [1.807, 2.05) is 0 Å². The Morgan fingerprint density at radius 3 is 2.48 bits per heavy atom. The maximum Gasteiger partial charge on any atom is 0.453 e. The minimum atomic E-state index is -5.02. The number of halogens is 3. The Labute approximate surface area is 184 Å². The highest BCUT2D eigenvalue weighted by Gasteiger charge is 2.40. The Bertz CT molecular complexity index is 1240. The molecule has 2 aromatic carbocycles. The lowest BCUT2D eigenvalue weighted by molar-refractivity contribution is -0.270. The second kappa shape index (κ2) is 8.66. The summed E-state index contributed by atoms with van der Waals surface area (Å²) in [4.78, 5) is 25.1. The van der Waals surface area contributed by atoms with Crippen molar-refractivity contribution in [1.29, 1.82) is 0 Å². The minimum absolute atomic E-state index is 0.0115. The predicted octanol–water partition coefficient (Wildman–Crippen LogP) is 3.33. The van der Waals surface area contributed by atoms with Gasteiger partial charge in [0.2, 0.25) is 11.2 Å². The lowest BCUT2D eigenvalue weighted by Gasteiger charge is -2.34. The molecule has 0 aliphatic carbocycles. The van der Waals surface area contributed by atoms with E-state index in [1.165, 1.54) is 49.6 Å². The van der Waals surface area contributed by atoms with Gasteiger partial charge in [0, 0.05) is 13.1 Å². The van der Waals surface area contributed by atoms with Gasteiger partial charge in [-0.25, -0.2) is 0 Å². The normalized spacial score (nSPS) is 16.6. The maximum absolute atomic E-state index is 13.7. The zero-order chi connectivity index (χ0) is 23.8. The average molecular weight is 464 g/mol. The Morgan fingerprint density at radius 1 is 1.15 bits per heavy atom. The monoisotopic (exact) mass is 464 g/mol. The number of fused-ring (bicyclic) bond motifs is 1. The number of alkyl halides is 3. The summed E-state index contributed by atoms with van der Waals surface area (Å²) in [7, 11) is 1.43. The zero-order valence-electron chi connectivity index (χ0n) is 17.2. The van der Waals surface area contributed by atoms with Gasteiger partial charge in [-0.1, -0.05) is 6.07 Å².